The van der Waals surface area contributed by atoms with Crippen molar-refractivity contribution in [1.29, 1.82) is 0 Å². The van der Waals surface area contributed by atoms with Crippen molar-refractivity contribution in [3.8, 4) is 5.75 Å². The van der Waals surface area contributed by atoms with Crippen LogP contribution < -0.4 is 4.74 Å². The van der Waals surface area contributed by atoms with Gasteiger partial charge in [-0.2, -0.15) is 8.78 Å². The lowest BCUT2D eigenvalue weighted by Crippen LogP contribution is -2.06. The molecule has 0 spiro atoms. The lowest BCUT2D eigenvalue weighted by atomic mass is 10.1. The number of rotatable bonds is 4. The molecular formula is C19H15F2NO3. The van der Waals surface area contributed by atoms with Gasteiger partial charge in [-0.25, -0.2) is 9.79 Å². The van der Waals surface area contributed by atoms with Gasteiger partial charge in [-0.1, -0.05) is 24.3 Å². The zero-order chi connectivity index (χ0) is 18.0. The molecule has 128 valence electrons. The molecule has 0 saturated heterocycles. The summed E-state index contributed by atoms with van der Waals surface area (Å²) in [5.74, 6) is -0.487. The molecule has 0 unspecified atom stereocenters. The van der Waals surface area contributed by atoms with E-state index in [0.717, 1.165) is 11.1 Å². The standard InChI is InChI=1S/C19H15F2NO3/c1-11-7-8-14(9-12(11)2)17-22-15(18(23)25-17)10-13-5-3-4-6-16(13)24-19(20)21/h3-10,19H,1-2H3/b15-10-. The summed E-state index contributed by atoms with van der Waals surface area (Å²) in [6.07, 6.45) is 1.37. The molecule has 0 aliphatic carbocycles. The number of para-hydroxylation sites is 1. The number of halogens is 2. The summed E-state index contributed by atoms with van der Waals surface area (Å²) in [6.45, 7) is 0.974. The van der Waals surface area contributed by atoms with Crippen LogP contribution in [-0.4, -0.2) is 18.5 Å². The minimum Gasteiger partial charge on any atom is -0.434 e. The topological polar surface area (TPSA) is 47.9 Å². The van der Waals surface area contributed by atoms with Gasteiger partial charge in [0.1, 0.15) is 5.75 Å². The van der Waals surface area contributed by atoms with Gasteiger partial charge in [0.25, 0.3) is 0 Å². The van der Waals surface area contributed by atoms with Crippen molar-refractivity contribution in [3.05, 3.63) is 70.4 Å². The lowest BCUT2D eigenvalue weighted by Gasteiger charge is -2.07. The van der Waals surface area contributed by atoms with Crippen molar-refractivity contribution in [2.24, 2.45) is 4.99 Å². The molecular weight excluding hydrogens is 328 g/mol. The van der Waals surface area contributed by atoms with Crippen LogP contribution in [0.3, 0.4) is 0 Å². The molecule has 25 heavy (non-hydrogen) atoms. The minimum atomic E-state index is -2.95. The number of aliphatic imine (C=N–C) groups is 1. The summed E-state index contributed by atoms with van der Waals surface area (Å²) in [5, 5.41) is 0. The molecule has 1 aliphatic heterocycles. The van der Waals surface area contributed by atoms with Gasteiger partial charge in [0.05, 0.1) is 0 Å². The van der Waals surface area contributed by atoms with Crippen LogP contribution in [-0.2, 0) is 9.53 Å². The molecule has 0 aromatic heterocycles. The normalized spacial score (nSPS) is 15.5. The number of hydrogen-bond donors (Lipinski definition) is 0. The number of aryl methyl sites for hydroxylation is 2. The Morgan fingerprint density at radius 1 is 1.12 bits per heavy atom. The van der Waals surface area contributed by atoms with E-state index in [0.29, 0.717) is 11.1 Å². The van der Waals surface area contributed by atoms with E-state index >= 15 is 0 Å². The third kappa shape index (κ3) is 3.74. The van der Waals surface area contributed by atoms with Gasteiger partial charge in [0, 0.05) is 11.1 Å². The maximum atomic E-state index is 12.5. The van der Waals surface area contributed by atoms with E-state index in [1.165, 1.54) is 12.1 Å². The van der Waals surface area contributed by atoms with Gasteiger partial charge in [0.15, 0.2) is 5.70 Å². The highest BCUT2D eigenvalue weighted by Crippen LogP contribution is 2.26. The molecule has 2 aromatic carbocycles. The fourth-order valence-corrected chi connectivity index (χ4v) is 2.36. The van der Waals surface area contributed by atoms with Crippen LogP contribution in [0.25, 0.3) is 6.08 Å². The number of alkyl halides is 2. The fraction of sp³-hybridized carbons (Fsp3) is 0.158. The van der Waals surface area contributed by atoms with Crippen LogP contribution in [0.2, 0.25) is 0 Å². The Morgan fingerprint density at radius 2 is 1.88 bits per heavy atom. The second-order valence-electron chi connectivity index (χ2n) is 5.55. The number of ether oxygens (including phenoxy) is 2. The highest BCUT2D eigenvalue weighted by Gasteiger charge is 2.25. The molecule has 0 N–H and O–H groups in total. The first-order valence-electron chi connectivity index (χ1n) is 7.58. The van der Waals surface area contributed by atoms with Gasteiger partial charge in [-0.15, -0.1) is 0 Å². The molecule has 2 aromatic rings. The maximum absolute atomic E-state index is 12.5. The van der Waals surface area contributed by atoms with Crippen molar-refractivity contribution in [3.63, 3.8) is 0 Å². The quantitative estimate of drug-likeness (QED) is 0.616. The van der Waals surface area contributed by atoms with Crippen LogP contribution >= 0.6 is 0 Å². The Hall–Kier alpha value is -3.02. The summed E-state index contributed by atoms with van der Waals surface area (Å²) in [4.78, 5) is 16.2. The molecule has 0 atom stereocenters. The molecule has 1 heterocycles. The fourth-order valence-electron chi connectivity index (χ4n) is 2.36. The Labute approximate surface area is 143 Å². The second kappa shape index (κ2) is 6.84. The molecule has 3 rings (SSSR count). The Balaban J connectivity index is 1.95. The van der Waals surface area contributed by atoms with E-state index in [-0.39, 0.29) is 17.3 Å². The molecule has 4 nitrogen and oxygen atoms in total. The van der Waals surface area contributed by atoms with Gasteiger partial charge in [0.2, 0.25) is 5.90 Å². The first-order valence-corrected chi connectivity index (χ1v) is 7.58. The van der Waals surface area contributed by atoms with Gasteiger partial charge in [-0.3, -0.25) is 0 Å². The Morgan fingerprint density at radius 3 is 2.60 bits per heavy atom. The first-order chi connectivity index (χ1) is 11.9. The number of cyclic esters (lactones) is 1. The number of carbonyl (C=O) groups is 1. The zero-order valence-corrected chi connectivity index (χ0v) is 13.6. The number of hydrogen-bond acceptors (Lipinski definition) is 4. The number of esters is 1. The molecule has 0 fully saturated rings. The number of nitrogens with zero attached hydrogens (tertiary/aromatic N) is 1. The average molecular weight is 343 g/mol. The summed E-state index contributed by atoms with van der Waals surface area (Å²) in [6, 6.07) is 11.8. The van der Waals surface area contributed by atoms with Crippen molar-refractivity contribution in [2.45, 2.75) is 20.5 Å². The van der Waals surface area contributed by atoms with Gasteiger partial charge < -0.3 is 9.47 Å². The smallest absolute Gasteiger partial charge is 0.387 e. The zero-order valence-electron chi connectivity index (χ0n) is 13.6. The van der Waals surface area contributed by atoms with Gasteiger partial charge >= 0.3 is 12.6 Å². The summed E-state index contributed by atoms with van der Waals surface area (Å²) in [5.41, 5.74) is 3.18. The molecule has 0 saturated carbocycles. The van der Waals surface area contributed by atoms with E-state index in [2.05, 4.69) is 9.73 Å². The monoisotopic (exact) mass is 343 g/mol. The van der Waals surface area contributed by atoms with E-state index in [1.54, 1.807) is 18.2 Å². The van der Waals surface area contributed by atoms with Crippen LogP contribution in [0.4, 0.5) is 8.78 Å². The average Bonchev–Trinajstić information content (AvgIpc) is 2.92. The van der Waals surface area contributed by atoms with Crippen LogP contribution in [0, 0.1) is 13.8 Å². The van der Waals surface area contributed by atoms with Crippen molar-refractivity contribution < 1.29 is 23.0 Å². The summed E-state index contributed by atoms with van der Waals surface area (Å²) in [7, 11) is 0. The van der Waals surface area contributed by atoms with Crippen LogP contribution in [0.5, 0.6) is 5.75 Å². The van der Waals surface area contributed by atoms with Crippen LogP contribution in [0.1, 0.15) is 22.3 Å². The highest BCUT2D eigenvalue weighted by molar-refractivity contribution is 6.13. The second-order valence-corrected chi connectivity index (χ2v) is 5.55. The van der Waals surface area contributed by atoms with E-state index in [9.17, 15) is 13.6 Å². The van der Waals surface area contributed by atoms with Crippen molar-refractivity contribution >= 4 is 17.9 Å². The third-order valence-corrected chi connectivity index (χ3v) is 3.80. The van der Waals surface area contributed by atoms with Crippen molar-refractivity contribution in [2.75, 3.05) is 0 Å². The van der Waals surface area contributed by atoms with E-state index in [1.807, 2.05) is 32.0 Å². The predicted octanol–water partition coefficient (Wildman–Crippen LogP) is 4.25. The maximum Gasteiger partial charge on any atom is 0.387 e. The minimum absolute atomic E-state index is 0.0264. The Bertz CT molecular complexity index is 888. The van der Waals surface area contributed by atoms with Crippen molar-refractivity contribution in [1.82, 2.24) is 0 Å². The molecule has 0 bridgehead atoms. The first kappa shape index (κ1) is 16.8. The number of carbonyl (C=O) groups excluding carboxylic acids is 1. The Kier molecular flexibility index (Phi) is 4.61. The van der Waals surface area contributed by atoms with Gasteiger partial charge in [-0.05, 0) is 49.2 Å². The molecule has 6 heteroatoms. The molecule has 0 radical (unpaired) electrons. The third-order valence-electron chi connectivity index (χ3n) is 3.80. The largest absolute Gasteiger partial charge is 0.434 e. The van der Waals surface area contributed by atoms with Crippen LogP contribution in [0.15, 0.2) is 53.2 Å². The lowest BCUT2D eigenvalue weighted by molar-refractivity contribution is -0.129. The SMILES string of the molecule is Cc1ccc(C2=N/C(=C\c3ccccc3OC(F)F)C(=O)O2)cc1C. The van der Waals surface area contributed by atoms with E-state index < -0.39 is 12.6 Å². The predicted molar refractivity (Wildman–Crippen MR) is 89.6 cm³/mol. The molecule has 1 aliphatic rings. The molecule has 0 amide bonds. The number of benzene rings is 2. The van der Waals surface area contributed by atoms with E-state index in [4.69, 9.17) is 4.74 Å². The summed E-state index contributed by atoms with van der Waals surface area (Å²) >= 11 is 0. The highest BCUT2D eigenvalue weighted by atomic mass is 19.3. The summed E-state index contributed by atoms with van der Waals surface area (Å²) < 4.78 is 34.6.